The van der Waals surface area contributed by atoms with E-state index in [-0.39, 0.29) is 0 Å². The zero-order valence-corrected chi connectivity index (χ0v) is 10.3. The maximum atomic E-state index is 4.48. The largest absolute Gasteiger partial charge is 0.253 e. The molecule has 1 aromatic heterocycles. The molecular weight excluding hydrogens is 182 g/mol. The summed E-state index contributed by atoms with van der Waals surface area (Å²) in [6.07, 6.45) is 0. The molecule has 0 N–H and O–H groups in total. The van der Waals surface area contributed by atoms with Crippen molar-refractivity contribution in [3.63, 3.8) is 0 Å². The van der Waals surface area contributed by atoms with E-state index in [0.717, 1.165) is 11.2 Å². The summed E-state index contributed by atoms with van der Waals surface area (Å²) in [6, 6.07) is 8.51. The van der Waals surface area contributed by atoms with Gasteiger partial charge in [0.25, 0.3) is 0 Å². The lowest BCUT2D eigenvalue weighted by atomic mass is 10.1. The van der Waals surface area contributed by atoms with Crippen LogP contribution in [0.4, 0.5) is 0 Å². The van der Waals surface area contributed by atoms with Gasteiger partial charge in [0.05, 0.1) is 5.52 Å². The Morgan fingerprint density at radius 1 is 0.933 bits per heavy atom. The fourth-order valence-electron chi connectivity index (χ4n) is 1.68. The molecule has 2 rings (SSSR count). The highest BCUT2D eigenvalue weighted by molar-refractivity contribution is 5.82. The predicted molar refractivity (Wildman–Crippen MR) is 67.3 cm³/mol. The molecular formula is C14H19N. The molecule has 0 aliphatic carbocycles. The molecule has 0 radical (unpaired) electrons. The van der Waals surface area contributed by atoms with Gasteiger partial charge in [-0.2, -0.15) is 0 Å². The van der Waals surface area contributed by atoms with Crippen LogP contribution in [0.2, 0.25) is 0 Å². The lowest BCUT2D eigenvalue weighted by Gasteiger charge is -2.03. The van der Waals surface area contributed by atoms with Crippen LogP contribution in [-0.4, -0.2) is 4.98 Å². The quantitative estimate of drug-likeness (QED) is 0.623. The van der Waals surface area contributed by atoms with Crippen molar-refractivity contribution in [3.05, 3.63) is 41.1 Å². The highest BCUT2D eigenvalue weighted by Crippen LogP contribution is 2.18. The number of aryl methyl sites for hydroxylation is 3. The summed E-state index contributed by atoms with van der Waals surface area (Å²) in [4.78, 5) is 4.48. The van der Waals surface area contributed by atoms with Crippen LogP contribution >= 0.6 is 0 Å². The van der Waals surface area contributed by atoms with Crippen LogP contribution in [0.3, 0.4) is 0 Å². The molecule has 1 heteroatoms. The molecule has 0 spiro atoms. The minimum Gasteiger partial charge on any atom is -0.253 e. The van der Waals surface area contributed by atoms with E-state index >= 15 is 0 Å². The van der Waals surface area contributed by atoms with Crippen molar-refractivity contribution in [2.24, 2.45) is 0 Å². The second-order valence-corrected chi connectivity index (χ2v) is 3.60. The predicted octanol–water partition coefficient (Wildman–Crippen LogP) is 4.19. The third kappa shape index (κ3) is 2.56. The standard InChI is InChI=1S/C12H13N.C2H6/c1-8-4-5-12-11(6-8)9(2)7-10(3)13-12;1-2/h4-7H,1-3H3;1-2H3. The first-order chi connectivity index (χ1) is 7.16. The first-order valence-electron chi connectivity index (χ1n) is 5.51. The van der Waals surface area contributed by atoms with Crippen LogP contribution in [0.1, 0.15) is 30.7 Å². The molecule has 0 atom stereocenters. The van der Waals surface area contributed by atoms with Gasteiger partial charge in [-0.3, -0.25) is 4.98 Å². The number of pyridine rings is 1. The van der Waals surface area contributed by atoms with Crippen LogP contribution < -0.4 is 0 Å². The Bertz CT molecular complexity index is 458. The third-order valence-corrected chi connectivity index (χ3v) is 2.30. The summed E-state index contributed by atoms with van der Waals surface area (Å²) in [5.74, 6) is 0. The lowest BCUT2D eigenvalue weighted by molar-refractivity contribution is 1.23. The van der Waals surface area contributed by atoms with E-state index in [0.29, 0.717) is 0 Å². The Morgan fingerprint density at radius 3 is 2.27 bits per heavy atom. The highest BCUT2D eigenvalue weighted by atomic mass is 14.7. The summed E-state index contributed by atoms with van der Waals surface area (Å²) >= 11 is 0. The van der Waals surface area contributed by atoms with Crippen LogP contribution in [0.15, 0.2) is 24.3 Å². The average molecular weight is 201 g/mol. The molecule has 0 aliphatic rings. The number of aromatic nitrogens is 1. The minimum atomic E-state index is 1.09. The number of benzene rings is 1. The summed E-state index contributed by atoms with van der Waals surface area (Å²) in [7, 11) is 0. The second kappa shape index (κ2) is 4.92. The Kier molecular flexibility index (Phi) is 3.84. The van der Waals surface area contributed by atoms with E-state index in [1.807, 2.05) is 20.8 Å². The number of hydrogen-bond donors (Lipinski definition) is 0. The van der Waals surface area contributed by atoms with Crippen molar-refractivity contribution in [2.45, 2.75) is 34.6 Å². The van der Waals surface area contributed by atoms with Crippen molar-refractivity contribution in [2.75, 3.05) is 0 Å². The summed E-state index contributed by atoms with van der Waals surface area (Å²) < 4.78 is 0. The van der Waals surface area contributed by atoms with Crippen molar-refractivity contribution in [3.8, 4) is 0 Å². The number of nitrogens with zero attached hydrogens (tertiary/aromatic N) is 1. The van der Waals surface area contributed by atoms with Gasteiger partial charge in [0.1, 0.15) is 0 Å². The van der Waals surface area contributed by atoms with Gasteiger partial charge in [-0.1, -0.05) is 25.5 Å². The third-order valence-electron chi connectivity index (χ3n) is 2.30. The lowest BCUT2D eigenvalue weighted by Crippen LogP contribution is -1.87. The second-order valence-electron chi connectivity index (χ2n) is 3.60. The maximum absolute atomic E-state index is 4.48. The van der Waals surface area contributed by atoms with E-state index in [1.54, 1.807) is 0 Å². The van der Waals surface area contributed by atoms with Crippen molar-refractivity contribution in [1.82, 2.24) is 4.98 Å². The normalized spacial score (nSPS) is 9.67. The Hall–Kier alpha value is -1.37. The number of fused-ring (bicyclic) bond motifs is 1. The molecule has 1 aromatic carbocycles. The van der Waals surface area contributed by atoms with Gasteiger partial charge in [0.15, 0.2) is 0 Å². The van der Waals surface area contributed by atoms with E-state index in [9.17, 15) is 0 Å². The number of rotatable bonds is 0. The van der Waals surface area contributed by atoms with Crippen LogP contribution in [0, 0.1) is 20.8 Å². The molecule has 2 aromatic rings. The maximum Gasteiger partial charge on any atom is 0.0708 e. The Balaban J connectivity index is 0.000000531. The highest BCUT2D eigenvalue weighted by Gasteiger charge is 1.99. The summed E-state index contributed by atoms with van der Waals surface area (Å²) in [5.41, 5.74) is 4.80. The fourth-order valence-corrected chi connectivity index (χ4v) is 1.68. The van der Waals surface area contributed by atoms with Crippen LogP contribution in [-0.2, 0) is 0 Å². The average Bonchev–Trinajstić information content (AvgIpc) is 2.22. The molecule has 0 bridgehead atoms. The minimum absolute atomic E-state index is 1.09. The zero-order chi connectivity index (χ0) is 11.4. The summed E-state index contributed by atoms with van der Waals surface area (Å²) in [5, 5.41) is 1.27. The van der Waals surface area contributed by atoms with Crippen molar-refractivity contribution >= 4 is 10.9 Å². The molecule has 1 heterocycles. The van der Waals surface area contributed by atoms with Crippen molar-refractivity contribution < 1.29 is 0 Å². The molecule has 0 aliphatic heterocycles. The molecule has 80 valence electrons. The number of hydrogen-bond acceptors (Lipinski definition) is 1. The zero-order valence-electron chi connectivity index (χ0n) is 10.3. The Morgan fingerprint density at radius 2 is 1.60 bits per heavy atom. The van der Waals surface area contributed by atoms with Gasteiger partial charge < -0.3 is 0 Å². The van der Waals surface area contributed by atoms with Gasteiger partial charge in [0.2, 0.25) is 0 Å². The molecule has 0 fully saturated rings. The first kappa shape index (κ1) is 11.7. The molecule has 0 amide bonds. The van der Waals surface area contributed by atoms with E-state index in [2.05, 4.69) is 43.1 Å². The SMILES string of the molecule is CC.Cc1ccc2nc(C)cc(C)c2c1. The fraction of sp³-hybridized carbons (Fsp3) is 0.357. The Labute approximate surface area is 92.2 Å². The van der Waals surface area contributed by atoms with Crippen molar-refractivity contribution in [1.29, 1.82) is 0 Å². The molecule has 1 nitrogen and oxygen atoms in total. The van der Waals surface area contributed by atoms with Gasteiger partial charge >= 0.3 is 0 Å². The smallest absolute Gasteiger partial charge is 0.0708 e. The van der Waals surface area contributed by atoms with Crippen LogP contribution in [0.5, 0.6) is 0 Å². The van der Waals surface area contributed by atoms with E-state index in [1.165, 1.54) is 16.5 Å². The molecule has 15 heavy (non-hydrogen) atoms. The molecule has 0 saturated heterocycles. The molecule has 0 saturated carbocycles. The van der Waals surface area contributed by atoms with Gasteiger partial charge in [0, 0.05) is 11.1 Å². The van der Waals surface area contributed by atoms with Gasteiger partial charge in [-0.05, 0) is 44.5 Å². The van der Waals surface area contributed by atoms with Gasteiger partial charge in [-0.15, -0.1) is 0 Å². The van der Waals surface area contributed by atoms with Crippen LogP contribution in [0.25, 0.3) is 10.9 Å². The molecule has 0 unspecified atom stereocenters. The van der Waals surface area contributed by atoms with E-state index < -0.39 is 0 Å². The van der Waals surface area contributed by atoms with Gasteiger partial charge in [-0.25, -0.2) is 0 Å². The topological polar surface area (TPSA) is 12.9 Å². The monoisotopic (exact) mass is 201 g/mol. The first-order valence-corrected chi connectivity index (χ1v) is 5.51. The summed E-state index contributed by atoms with van der Waals surface area (Å²) in [6.45, 7) is 10.3. The van der Waals surface area contributed by atoms with E-state index in [4.69, 9.17) is 0 Å².